The van der Waals surface area contributed by atoms with Crippen LogP contribution in [0.3, 0.4) is 0 Å². The number of rotatable bonds is 0. The van der Waals surface area contributed by atoms with Crippen LogP contribution in [0.5, 0.6) is 0 Å². The van der Waals surface area contributed by atoms with Crippen LogP contribution in [0.4, 0.5) is 0 Å². The zero-order valence-corrected chi connectivity index (χ0v) is 9.87. The molecule has 74 valence electrons. The van der Waals surface area contributed by atoms with Gasteiger partial charge < -0.3 is 4.90 Å². The maximum atomic E-state index is 5.56. The summed E-state index contributed by atoms with van der Waals surface area (Å²) in [4.78, 5) is 3.52. The van der Waals surface area contributed by atoms with Crippen molar-refractivity contribution in [1.82, 2.24) is 4.90 Å². The van der Waals surface area contributed by atoms with Crippen molar-refractivity contribution in [2.24, 2.45) is 11.3 Å². The van der Waals surface area contributed by atoms with Gasteiger partial charge in [0, 0.05) is 18.0 Å². The highest BCUT2D eigenvalue weighted by atomic mass is 32.1. The number of hydrogen-bond donors (Lipinski definition) is 0. The smallest absolute Gasteiger partial charge is 0.0841 e. The summed E-state index contributed by atoms with van der Waals surface area (Å²) in [5, 5.41) is 0. The molecule has 2 fully saturated rings. The fraction of sp³-hybridized carbons (Fsp3) is 0.909. The van der Waals surface area contributed by atoms with Gasteiger partial charge >= 0.3 is 0 Å². The number of fused-ring (bicyclic) bond motifs is 2. The van der Waals surface area contributed by atoms with E-state index in [0.717, 1.165) is 5.92 Å². The largest absolute Gasteiger partial charge is 0.363 e. The Kier molecular flexibility index (Phi) is 1.80. The standard InChI is InChI=1S/C11H19NS/c1-10(2)8-5-6-11(3,7-8)12(4)9(10)13/h8H,5-7H2,1-4H3/t8-,11+/m0/s1. The van der Waals surface area contributed by atoms with Gasteiger partial charge in [0.15, 0.2) is 0 Å². The van der Waals surface area contributed by atoms with Crippen LogP contribution in [-0.4, -0.2) is 22.5 Å². The van der Waals surface area contributed by atoms with E-state index in [1.54, 1.807) is 0 Å². The lowest BCUT2D eigenvalue weighted by atomic mass is 9.73. The average molecular weight is 197 g/mol. The molecule has 13 heavy (non-hydrogen) atoms. The quantitative estimate of drug-likeness (QED) is 0.549. The third kappa shape index (κ3) is 1.08. The van der Waals surface area contributed by atoms with Crippen molar-refractivity contribution in [2.75, 3.05) is 7.05 Å². The summed E-state index contributed by atoms with van der Waals surface area (Å²) in [5.74, 6) is 0.821. The Balaban J connectivity index is 2.39. The van der Waals surface area contributed by atoms with Crippen molar-refractivity contribution in [3.63, 3.8) is 0 Å². The van der Waals surface area contributed by atoms with E-state index in [1.165, 1.54) is 24.3 Å². The summed E-state index contributed by atoms with van der Waals surface area (Å²) in [7, 11) is 2.17. The third-order valence-corrected chi connectivity index (χ3v) is 5.20. The number of piperidine rings is 1. The summed E-state index contributed by atoms with van der Waals surface area (Å²) in [6, 6.07) is 0. The van der Waals surface area contributed by atoms with Crippen molar-refractivity contribution in [2.45, 2.75) is 45.6 Å². The first kappa shape index (κ1) is 9.45. The molecule has 1 nitrogen and oxygen atoms in total. The van der Waals surface area contributed by atoms with E-state index in [2.05, 4.69) is 32.7 Å². The molecule has 2 aliphatic rings. The Morgan fingerprint density at radius 2 is 2.00 bits per heavy atom. The van der Waals surface area contributed by atoms with Crippen LogP contribution in [0.15, 0.2) is 0 Å². The highest BCUT2D eigenvalue weighted by Crippen LogP contribution is 2.52. The maximum absolute atomic E-state index is 5.56. The molecule has 0 aromatic rings. The summed E-state index contributed by atoms with van der Waals surface area (Å²) in [6.07, 6.45) is 4.00. The molecule has 1 saturated heterocycles. The van der Waals surface area contributed by atoms with E-state index >= 15 is 0 Å². The van der Waals surface area contributed by atoms with Crippen molar-refractivity contribution < 1.29 is 0 Å². The van der Waals surface area contributed by atoms with E-state index in [-0.39, 0.29) is 5.41 Å². The molecular formula is C11H19NS. The molecule has 0 radical (unpaired) electrons. The van der Waals surface area contributed by atoms with Gasteiger partial charge in [-0.2, -0.15) is 0 Å². The SMILES string of the molecule is CN1C(=S)C(C)(C)[C@H]2CC[C@]1(C)C2. The van der Waals surface area contributed by atoms with Gasteiger partial charge in [0.05, 0.1) is 4.99 Å². The molecule has 2 atom stereocenters. The predicted molar refractivity (Wildman–Crippen MR) is 59.9 cm³/mol. The van der Waals surface area contributed by atoms with Gasteiger partial charge in [-0.25, -0.2) is 0 Å². The Bertz CT molecular complexity index is 259. The van der Waals surface area contributed by atoms with E-state index in [1.807, 2.05) is 0 Å². The first-order valence-corrected chi connectivity index (χ1v) is 5.57. The minimum Gasteiger partial charge on any atom is -0.363 e. The van der Waals surface area contributed by atoms with Gasteiger partial charge in [-0.1, -0.05) is 26.1 Å². The molecule has 1 saturated carbocycles. The van der Waals surface area contributed by atoms with Gasteiger partial charge in [-0.3, -0.25) is 0 Å². The number of thiocarbonyl (C=S) groups is 1. The molecule has 2 heteroatoms. The summed E-state index contributed by atoms with van der Waals surface area (Å²) >= 11 is 5.56. The minimum atomic E-state index is 0.250. The Morgan fingerprint density at radius 3 is 2.62 bits per heavy atom. The normalized spacial score (nSPS) is 42.6. The first-order chi connectivity index (χ1) is 5.88. The fourth-order valence-corrected chi connectivity index (χ4v) is 3.38. The summed E-state index contributed by atoms with van der Waals surface area (Å²) in [6.45, 7) is 6.97. The second kappa shape index (κ2) is 2.47. The topological polar surface area (TPSA) is 3.24 Å². The van der Waals surface area contributed by atoms with Crippen molar-refractivity contribution in [3.8, 4) is 0 Å². The van der Waals surface area contributed by atoms with Crippen LogP contribution in [0.25, 0.3) is 0 Å². The molecule has 0 amide bonds. The van der Waals surface area contributed by atoms with Crippen molar-refractivity contribution >= 4 is 17.2 Å². The fourth-order valence-electron chi connectivity index (χ4n) is 2.99. The van der Waals surface area contributed by atoms with Gasteiger partial charge in [0.25, 0.3) is 0 Å². The molecule has 0 aromatic heterocycles. The number of nitrogens with zero attached hydrogens (tertiary/aromatic N) is 1. The second-order valence-electron chi connectivity index (χ2n) is 5.52. The Labute approximate surface area is 86.5 Å². The van der Waals surface area contributed by atoms with Gasteiger partial charge in [-0.15, -0.1) is 0 Å². The number of likely N-dealkylation sites (tertiary alicyclic amines) is 1. The van der Waals surface area contributed by atoms with Crippen molar-refractivity contribution in [3.05, 3.63) is 0 Å². The zero-order valence-electron chi connectivity index (χ0n) is 9.05. The van der Waals surface area contributed by atoms with Crippen LogP contribution in [0, 0.1) is 11.3 Å². The van der Waals surface area contributed by atoms with Crippen LogP contribution < -0.4 is 0 Å². The molecule has 1 aliphatic heterocycles. The van der Waals surface area contributed by atoms with Gasteiger partial charge in [-0.05, 0) is 32.1 Å². The Morgan fingerprint density at radius 1 is 1.38 bits per heavy atom. The molecule has 0 N–H and O–H groups in total. The predicted octanol–water partition coefficient (Wildman–Crippen LogP) is 2.84. The molecule has 2 rings (SSSR count). The molecule has 2 bridgehead atoms. The second-order valence-corrected chi connectivity index (χ2v) is 5.91. The van der Waals surface area contributed by atoms with E-state index in [9.17, 15) is 0 Å². The van der Waals surface area contributed by atoms with Gasteiger partial charge in [0.1, 0.15) is 0 Å². The first-order valence-electron chi connectivity index (χ1n) is 5.16. The summed E-state index contributed by atoms with van der Waals surface area (Å²) < 4.78 is 0. The van der Waals surface area contributed by atoms with E-state index in [4.69, 9.17) is 12.2 Å². The lowest BCUT2D eigenvalue weighted by Gasteiger charge is -2.49. The zero-order chi connectivity index (χ0) is 9.85. The van der Waals surface area contributed by atoms with Crippen molar-refractivity contribution in [1.29, 1.82) is 0 Å². The van der Waals surface area contributed by atoms with Crippen LogP contribution in [0.2, 0.25) is 0 Å². The summed E-state index contributed by atoms with van der Waals surface area (Å²) in [5.41, 5.74) is 0.622. The highest BCUT2D eigenvalue weighted by Gasteiger charge is 2.52. The van der Waals surface area contributed by atoms with Crippen LogP contribution in [0.1, 0.15) is 40.0 Å². The Hall–Kier alpha value is -0.110. The monoisotopic (exact) mass is 197 g/mol. The lowest BCUT2D eigenvalue weighted by molar-refractivity contribution is 0.151. The number of hydrogen-bond acceptors (Lipinski definition) is 1. The van der Waals surface area contributed by atoms with Crippen LogP contribution in [-0.2, 0) is 0 Å². The lowest BCUT2D eigenvalue weighted by Crippen LogP contribution is -2.55. The molecule has 0 spiro atoms. The third-order valence-electron chi connectivity index (χ3n) is 4.40. The molecule has 1 heterocycles. The molecule has 0 unspecified atom stereocenters. The highest BCUT2D eigenvalue weighted by molar-refractivity contribution is 7.80. The van der Waals surface area contributed by atoms with E-state index in [0.29, 0.717) is 5.54 Å². The van der Waals surface area contributed by atoms with E-state index < -0.39 is 0 Å². The van der Waals surface area contributed by atoms with Gasteiger partial charge in [0.2, 0.25) is 0 Å². The minimum absolute atomic E-state index is 0.250. The molecular weight excluding hydrogens is 178 g/mol. The maximum Gasteiger partial charge on any atom is 0.0841 e. The molecule has 0 aromatic carbocycles. The average Bonchev–Trinajstić information content (AvgIpc) is 2.43. The van der Waals surface area contributed by atoms with Crippen LogP contribution >= 0.6 is 12.2 Å². The molecule has 1 aliphatic carbocycles.